The number of benzene rings is 2. The number of hydrogen-bond donors (Lipinski definition) is 1. The van der Waals surface area contributed by atoms with E-state index in [4.69, 9.17) is 9.15 Å². The van der Waals surface area contributed by atoms with Crippen molar-refractivity contribution in [3.8, 4) is 0 Å². The van der Waals surface area contributed by atoms with Crippen LogP contribution in [-0.4, -0.2) is 23.7 Å². The van der Waals surface area contributed by atoms with Crippen LogP contribution in [0.2, 0.25) is 0 Å². The van der Waals surface area contributed by atoms with Gasteiger partial charge in [-0.05, 0) is 24.6 Å². The van der Waals surface area contributed by atoms with Crippen molar-refractivity contribution in [1.82, 2.24) is 4.57 Å². The first kappa shape index (κ1) is 20.7. The first-order valence-electron chi connectivity index (χ1n) is 8.81. The van der Waals surface area contributed by atoms with Gasteiger partial charge in [-0.2, -0.15) is 0 Å². The van der Waals surface area contributed by atoms with Crippen LogP contribution < -0.4 is 23.5 Å². The highest BCUT2D eigenvalue weighted by Crippen LogP contribution is 2.15. The Kier molecular flexibility index (Phi) is 7.64. The van der Waals surface area contributed by atoms with Crippen LogP contribution in [0.15, 0.2) is 57.7 Å². The molecule has 1 aromatic heterocycles. The minimum atomic E-state index is -0.541. The number of oxazole rings is 1. The third-order valence-electron chi connectivity index (χ3n) is 4.19. The second-order valence-corrected chi connectivity index (χ2v) is 6.08. The number of rotatable bonds is 8. The number of carbonyl (C=O) groups excluding carboxylic acids is 1. The normalized spacial score (nSPS) is 10.6. The average Bonchev–Trinajstić information content (AvgIpc) is 2.94. The van der Waals surface area contributed by atoms with Crippen molar-refractivity contribution in [2.45, 2.75) is 26.4 Å². The lowest BCUT2D eigenvalue weighted by atomic mass is 10.1. The maximum atomic E-state index is 12.0. The Morgan fingerprint density at radius 3 is 2.67 bits per heavy atom. The number of aromatic nitrogens is 1. The van der Waals surface area contributed by atoms with E-state index in [0.717, 1.165) is 25.1 Å². The maximum Gasteiger partial charge on any atom is 0.420 e. The third kappa shape index (κ3) is 5.45. The molecule has 0 atom stereocenters. The number of carbonyl (C=O) groups is 1. The van der Waals surface area contributed by atoms with E-state index < -0.39 is 11.7 Å². The summed E-state index contributed by atoms with van der Waals surface area (Å²) in [4.78, 5) is 23.6. The Balaban J connectivity index is 0.00000261. The SMILES string of the molecule is CCOC(=O)Cn1c(=O)oc2cc(CC[NH2+]Cc3ccccc3)ccc21.[Cl-]. The fourth-order valence-corrected chi connectivity index (χ4v) is 2.90. The van der Waals surface area contributed by atoms with Gasteiger partial charge in [-0.25, -0.2) is 4.79 Å². The Labute approximate surface area is 163 Å². The van der Waals surface area contributed by atoms with Crippen LogP contribution in [0.5, 0.6) is 0 Å². The predicted octanol–water partition coefficient (Wildman–Crippen LogP) is -1.53. The number of halogens is 1. The molecular formula is C20H23ClN2O4. The van der Waals surface area contributed by atoms with Gasteiger partial charge in [0.1, 0.15) is 13.1 Å². The molecule has 0 aliphatic heterocycles. The zero-order valence-electron chi connectivity index (χ0n) is 15.2. The maximum absolute atomic E-state index is 12.0. The topological polar surface area (TPSA) is 78.0 Å². The highest BCUT2D eigenvalue weighted by Gasteiger charge is 2.13. The molecule has 3 rings (SSSR count). The second kappa shape index (κ2) is 9.94. The van der Waals surface area contributed by atoms with Crippen molar-refractivity contribution in [3.63, 3.8) is 0 Å². The minimum Gasteiger partial charge on any atom is -1.00 e. The van der Waals surface area contributed by atoms with Gasteiger partial charge in [0, 0.05) is 12.0 Å². The quantitative estimate of drug-likeness (QED) is 0.374. The van der Waals surface area contributed by atoms with Gasteiger partial charge in [-0.1, -0.05) is 36.4 Å². The third-order valence-corrected chi connectivity index (χ3v) is 4.19. The molecular weight excluding hydrogens is 368 g/mol. The highest BCUT2D eigenvalue weighted by molar-refractivity contribution is 5.77. The Bertz CT molecular complexity index is 934. The first-order chi connectivity index (χ1) is 12.7. The van der Waals surface area contributed by atoms with E-state index in [0.29, 0.717) is 11.1 Å². The van der Waals surface area contributed by atoms with Crippen molar-refractivity contribution in [2.75, 3.05) is 13.2 Å². The summed E-state index contributed by atoms with van der Waals surface area (Å²) in [7, 11) is 0. The number of fused-ring (bicyclic) bond motifs is 1. The molecule has 7 heteroatoms. The second-order valence-electron chi connectivity index (χ2n) is 6.08. The molecule has 0 saturated carbocycles. The summed E-state index contributed by atoms with van der Waals surface area (Å²) in [5.41, 5.74) is 3.50. The van der Waals surface area contributed by atoms with Gasteiger partial charge in [-0.15, -0.1) is 0 Å². The van der Waals surface area contributed by atoms with Crippen LogP contribution in [-0.2, 0) is 29.0 Å². The summed E-state index contributed by atoms with van der Waals surface area (Å²) in [5.74, 6) is -0.988. The Morgan fingerprint density at radius 2 is 1.93 bits per heavy atom. The van der Waals surface area contributed by atoms with Gasteiger partial charge in [0.15, 0.2) is 5.58 Å². The number of quaternary nitrogens is 1. The molecule has 144 valence electrons. The summed E-state index contributed by atoms with van der Waals surface area (Å²) in [6.07, 6.45) is 0.871. The standard InChI is InChI=1S/C20H22N2O4.ClH/c1-2-25-19(23)14-22-17-9-8-15(12-18(17)26-20(22)24)10-11-21-13-16-6-4-3-5-7-16;/h3-9,12,21H,2,10-11,13-14H2,1H3;1H. The molecule has 2 N–H and O–H groups in total. The minimum absolute atomic E-state index is 0. The molecule has 0 radical (unpaired) electrons. The fourth-order valence-electron chi connectivity index (χ4n) is 2.90. The number of hydrogen-bond acceptors (Lipinski definition) is 4. The van der Waals surface area contributed by atoms with E-state index in [-0.39, 0.29) is 25.6 Å². The Hall–Kier alpha value is -2.57. The van der Waals surface area contributed by atoms with Crippen molar-refractivity contribution in [2.24, 2.45) is 0 Å². The van der Waals surface area contributed by atoms with Crippen LogP contribution in [0.3, 0.4) is 0 Å². The fraction of sp³-hybridized carbons (Fsp3) is 0.300. The molecule has 1 heterocycles. The van der Waals surface area contributed by atoms with Crippen LogP contribution in [0.25, 0.3) is 11.1 Å². The van der Waals surface area contributed by atoms with Crippen LogP contribution in [0.1, 0.15) is 18.1 Å². The first-order valence-corrected chi connectivity index (χ1v) is 8.81. The number of nitrogens with zero attached hydrogens (tertiary/aromatic N) is 1. The number of ether oxygens (including phenoxy) is 1. The van der Waals surface area contributed by atoms with E-state index in [1.54, 1.807) is 6.92 Å². The number of esters is 1. The van der Waals surface area contributed by atoms with Crippen molar-refractivity contribution >= 4 is 17.1 Å². The molecule has 0 aliphatic carbocycles. The molecule has 0 saturated heterocycles. The molecule has 2 aromatic carbocycles. The van der Waals surface area contributed by atoms with Gasteiger partial charge in [0.2, 0.25) is 0 Å². The molecule has 6 nitrogen and oxygen atoms in total. The lowest BCUT2D eigenvalue weighted by Crippen LogP contribution is -3.00. The average molecular weight is 391 g/mol. The van der Waals surface area contributed by atoms with Gasteiger partial charge >= 0.3 is 11.7 Å². The summed E-state index contributed by atoms with van der Waals surface area (Å²) in [5, 5.41) is 2.25. The Morgan fingerprint density at radius 1 is 1.15 bits per heavy atom. The molecule has 0 amide bonds. The van der Waals surface area contributed by atoms with Crippen molar-refractivity contribution < 1.29 is 31.7 Å². The van der Waals surface area contributed by atoms with Crippen LogP contribution in [0.4, 0.5) is 0 Å². The van der Waals surface area contributed by atoms with Gasteiger partial charge in [0.05, 0.1) is 18.7 Å². The van der Waals surface area contributed by atoms with E-state index in [1.807, 2.05) is 36.4 Å². The highest BCUT2D eigenvalue weighted by atomic mass is 35.5. The lowest BCUT2D eigenvalue weighted by Gasteiger charge is -2.04. The summed E-state index contributed by atoms with van der Waals surface area (Å²) >= 11 is 0. The molecule has 0 aliphatic rings. The number of nitrogens with two attached hydrogens (primary N) is 1. The van der Waals surface area contributed by atoms with E-state index in [1.165, 1.54) is 10.1 Å². The summed E-state index contributed by atoms with van der Waals surface area (Å²) in [6.45, 7) is 3.76. The van der Waals surface area contributed by atoms with E-state index in [9.17, 15) is 9.59 Å². The summed E-state index contributed by atoms with van der Waals surface area (Å²) < 4.78 is 11.5. The monoisotopic (exact) mass is 390 g/mol. The van der Waals surface area contributed by atoms with Crippen molar-refractivity contribution in [1.29, 1.82) is 0 Å². The smallest absolute Gasteiger partial charge is 0.420 e. The van der Waals surface area contributed by atoms with E-state index >= 15 is 0 Å². The zero-order valence-corrected chi connectivity index (χ0v) is 15.9. The molecule has 0 spiro atoms. The molecule has 27 heavy (non-hydrogen) atoms. The van der Waals surface area contributed by atoms with E-state index in [2.05, 4.69) is 17.4 Å². The molecule has 0 fully saturated rings. The largest absolute Gasteiger partial charge is 1.00 e. The van der Waals surface area contributed by atoms with Gasteiger partial charge in [0.25, 0.3) is 0 Å². The van der Waals surface area contributed by atoms with Gasteiger partial charge in [-0.3, -0.25) is 9.36 Å². The predicted molar refractivity (Wildman–Crippen MR) is 97.7 cm³/mol. The molecule has 0 unspecified atom stereocenters. The lowest BCUT2D eigenvalue weighted by molar-refractivity contribution is -0.670. The van der Waals surface area contributed by atoms with Crippen molar-refractivity contribution in [3.05, 3.63) is 70.2 Å². The van der Waals surface area contributed by atoms with Crippen LogP contribution in [0, 0.1) is 0 Å². The van der Waals surface area contributed by atoms with Gasteiger partial charge < -0.3 is 26.9 Å². The summed E-state index contributed by atoms with van der Waals surface area (Å²) in [6, 6.07) is 16.0. The molecule has 3 aromatic rings. The zero-order chi connectivity index (χ0) is 18.4. The molecule has 0 bridgehead atoms. The van der Waals surface area contributed by atoms with Crippen LogP contribution >= 0.6 is 0 Å².